The molecule has 0 aliphatic carbocycles. The van der Waals surface area contributed by atoms with Gasteiger partial charge in [0, 0.05) is 12.4 Å². The van der Waals surface area contributed by atoms with Crippen molar-refractivity contribution in [3.05, 3.63) is 11.6 Å². The summed E-state index contributed by atoms with van der Waals surface area (Å²) < 4.78 is 0. The Hall–Kier alpha value is -0.240. The summed E-state index contributed by atoms with van der Waals surface area (Å²) >= 11 is 1.65. The number of thioether (sulfide) groups is 1. The van der Waals surface area contributed by atoms with Crippen molar-refractivity contribution < 1.29 is 0 Å². The van der Waals surface area contributed by atoms with E-state index in [-0.39, 0.29) is 0 Å². The van der Waals surface area contributed by atoms with Crippen molar-refractivity contribution in [3.8, 4) is 0 Å². The van der Waals surface area contributed by atoms with Crippen LogP contribution in [0.5, 0.6) is 0 Å². The normalized spacial score (nSPS) is 11.7. The minimum atomic E-state index is 1.65. The zero-order chi connectivity index (χ0) is 5.54. The highest BCUT2D eigenvalue weighted by Crippen LogP contribution is 1.91. The van der Waals surface area contributed by atoms with Crippen molar-refractivity contribution in [2.24, 2.45) is 4.99 Å². The molecule has 0 aromatic heterocycles. The number of nitrogens with zero attached hydrogens (tertiary/aromatic N) is 1. The van der Waals surface area contributed by atoms with Crippen LogP contribution in [0.2, 0.25) is 0 Å². The van der Waals surface area contributed by atoms with Gasteiger partial charge in [-0.1, -0.05) is 0 Å². The predicted octanol–water partition coefficient (Wildman–Crippen LogP) is 1.91. The van der Waals surface area contributed by atoms with Gasteiger partial charge >= 0.3 is 0 Å². The molecular formula is C5H9NS. The molecule has 0 saturated carbocycles. The second-order valence-corrected chi connectivity index (χ2v) is 1.67. The topological polar surface area (TPSA) is 12.4 Å². The van der Waals surface area contributed by atoms with E-state index in [9.17, 15) is 0 Å². The Morgan fingerprint density at radius 1 is 1.57 bits per heavy atom. The smallest absolute Gasteiger partial charge is 0.0326 e. The molecule has 0 unspecified atom stereocenters. The Balaban J connectivity index is 3.09. The molecule has 0 aliphatic rings. The first kappa shape index (κ1) is 6.76. The molecule has 2 heteroatoms. The average Bonchev–Trinajstić information content (AvgIpc) is 1.69. The highest BCUT2D eigenvalue weighted by Gasteiger charge is 1.57. The fourth-order valence-electron chi connectivity index (χ4n) is 0.182. The highest BCUT2D eigenvalue weighted by atomic mass is 32.2. The van der Waals surface area contributed by atoms with E-state index in [2.05, 4.69) is 4.99 Å². The first-order valence-electron chi connectivity index (χ1n) is 2.07. The maximum absolute atomic E-state index is 3.84. The van der Waals surface area contributed by atoms with Crippen LogP contribution >= 0.6 is 11.8 Å². The standard InChI is InChI=1S/C5H9NS/c1-3-6-4-5-7-2/h3-5H,1-2H3/b5-4-,6-3?. The number of aliphatic imine (C=N–C) groups is 1. The highest BCUT2D eigenvalue weighted by molar-refractivity contribution is 8.01. The lowest BCUT2D eigenvalue weighted by atomic mass is 10.9. The third kappa shape index (κ3) is 5.76. The van der Waals surface area contributed by atoms with Crippen LogP contribution < -0.4 is 0 Å². The molecule has 0 amide bonds. The van der Waals surface area contributed by atoms with Gasteiger partial charge in [0.2, 0.25) is 0 Å². The molecule has 0 fully saturated rings. The van der Waals surface area contributed by atoms with E-state index in [1.54, 1.807) is 24.2 Å². The third-order valence-corrected chi connectivity index (χ3v) is 0.826. The van der Waals surface area contributed by atoms with E-state index in [0.717, 1.165) is 0 Å². The Bertz CT molecular complexity index is 76.1. The van der Waals surface area contributed by atoms with Crippen LogP contribution in [0.4, 0.5) is 0 Å². The third-order valence-electron chi connectivity index (χ3n) is 0.432. The molecular weight excluding hydrogens is 106 g/mol. The van der Waals surface area contributed by atoms with E-state index >= 15 is 0 Å². The molecule has 0 N–H and O–H groups in total. The average molecular weight is 115 g/mol. The predicted molar refractivity (Wildman–Crippen MR) is 36.8 cm³/mol. The van der Waals surface area contributed by atoms with Gasteiger partial charge in [-0.15, -0.1) is 11.8 Å². The molecule has 0 aromatic carbocycles. The summed E-state index contributed by atoms with van der Waals surface area (Å²) in [5, 5.41) is 1.93. The largest absolute Gasteiger partial charge is 0.269 e. The lowest BCUT2D eigenvalue weighted by molar-refractivity contribution is 1.60. The van der Waals surface area contributed by atoms with E-state index < -0.39 is 0 Å². The maximum Gasteiger partial charge on any atom is 0.0326 e. The van der Waals surface area contributed by atoms with Crippen LogP contribution in [-0.4, -0.2) is 12.5 Å². The SMILES string of the molecule is CC=N/C=C\SC. The van der Waals surface area contributed by atoms with Gasteiger partial charge in [-0.3, -0.25) is 4.99 Å². The Morgan fingerprint density at radius 3 is 2.71 bits per heavy atom. The lowest BCUT2D eigenvalue weighted by Crippen LogP contribution is -1.51. The summed E-state index contributed by atoms with van der Waals surface area (Å²) in [5.74, 6) is 0. The van der Waals surface area contributed by atoms with Crippen LogP contribution in [0.3, 0.4) is 0 Å². The minimum Gasteiger partial charge on any atom is -0.269 e. The van der Waals surface area contributed by atoms with Gasteiger partial charge in [0.1, 0.15) is 0 Å². The number of hydrogen-bond acceptors (Lipinski definition) is 2. The molecule has 0 spiro atoms. The Kier molecular flexibility index (Phi) is 5.56. The fourth-order valence-corrected chi connectivity index (χ4v) is 0.374. The van der Waals surface area contributed by atoms with Crippen molar-refractivity contribution in [2.45, 2.75) is 6.92 Å². The molecule has 0 saturated heterocycles. The molecule has 0 radical (unpaired) electrons. The van der Waals surface area contributed by atoms with Gasteiger partial charge in [-0.05, 0) is 18.6 Å². The van der Waals surface area contributed by atoms with Crippen LogP contribution in [0.1, 0.15) is 6.92 Å². The summed E-state index contributed by atoms with van der Waals surface area (Å²) in [5.41, 5.74) is 0. The van der Waals surface area contributed by atoms with Crippen molar-refractivity contribution in [3.63, 3.8) is 0 Å². The second-order valence-electron chi connectivity index (χ2n) is 0.928. The zero-order valence-corrected chi connectivity index (χ0v) is 5.40. The van der Waals surface area contributed by atoms with Gasteiger partial charge < -0.3 is 0 Å². The summed E-state index contributed by atoms with van der Waals surface area (Å²) in [6, 6.07) is 0. The summed E-state index contributed by atoms with van der Waals surface area (Å²) in [6.45, 7) is 1.89. The van der Waals surface area contributed by atoms with Crippen LogP contribution in [0, 0.1) is 0 Å². The lowest BCUT2D eigenvalue weighted by Gasteiger charge is -1.71. The molecule has 0 atom stereocenters. The van der Waals surface area contributed by atoms with E-state index in [1.165, 1.54) is 0 Å². The number of hydrogen-bond donors (Lipinski definition) is 0. The summed E-state index contributed by atoms with van der Waals surface area (Å²) in [7, 11) is 0. The van der Waals surface area contributed by atoms with E-state index in [0.29, 0.717) is 0 Å². The fraction of sp³-hybridized carbons (Fsp3) is 0.400. The minimum absolute atomic E-state index is 1.65. The zero-order valence-electron chi connectivity index (χ0n) is 4.59. The van der Waals surface area contributed by atoms with Crippen molar-refractivity contribution in [2.75, 3.05) is 6.26 Å². The molecule has 0 bridgehead atoms. The summed E-state index contributed by atoms with van der Waals surface area (Å²) in [6.07, 6.45) is 5.53. The molecule has 0 rings (SSSR count). The van der Waals surface area contributed by atoms with Crippen molar-refractivity contribution in [1.29, 1.82) is 0 Å². The van der Waals surface area contributed by atoms with Gasteiger partial charge in [0.05, 0.1) is 0 Å². The van der Waals surface area contributed by atoms with Crippen molar-refractivity contribution >= 4 is 18.0 Å². The van der Waals surface area contributed by atoms with E-state index in [1.807, 2.05) is 18.6 Å². The van der Waals surface area contributed by atoms with Gasteiger partial charge in [0.25, 0.3) is 0 Å². The number of rotatable bonds is 2. The molecule has 40 valence electrons. The van der Waals surface area contributed by atoms with E-state index in [4.69, 9.17) is 0 Å². The van der Waals surface area contributed by atoms with Gasteiger partial charge in [0.15, 0.2) is 0 Å². The van der Waals surface area contributed by atoms with Crippen LogP contribution in [0.15, 0.2) is 16.6 Å². The van der Waals surface area contributed by atoms with Gasteiger partial charge in [-0.25, -0.2) is 0 Å². The molecule has 0 aromatic rings. The quantitative estimate of drug-likeness (QED) is 0.501. The Morgan fingerprint density at radius 2 is 2.29 bits per heavy atom. The van der Waals surface area contributed by atoms with Gasteiger partial charge in [-0.2, -0.15) is 0 Å². The summed E-state index contributed by atoms with van der Waals surface area (Å²) in [4.78, 5) is 3.84. The first-order chi connectivity index (χ1) is 3.41. The maximum atomic E-state index is 3.84. The molecule has 0 aliphatic heterocycles. The van der Waals surface area contributed by atoms with Crippen LogP contribution in [-0.2, 0) is 0 Å². The van der Waals surface area contributed by atoms with Crippen LogP contribution in [0.25, 0.3) is 0 Å². The monoisotopic (exact) mass is 115 g/mol. The molecule has 0 heterocycles. The first-order valence-corrected chi connectivity index (χ1v) is 3.36. The van der Waals surface area contributed by atoms with Crippen molar-refractivity contribution in [1.82, 2.24) is 0 Å². The molecule has 1 nitrogen and oxygen atoms in total. The Labute approximate surface area is 48.5 Å². The second kappa shape index (κ2) is 5.76. The molecule has 7 heavy (non-hydrogen) atoms.